The smallest absolute Gasteiger partial charge is 0.360 e. The molecular formula is C27H27F3N6O. The van der Waals surface area contributed by atoms with E-state index >= 15 is 0 Å². The Bertz CT molecular complexity index is 1430. The summed E-state index contributed by atoms with van der Waals surface area (Å²) in [6, 6.07) is 13.4. The first kappa shape index (κ1) is 24.8. The molecule has 7 nitrogen and oxygen atoms in total. The number of aromatic amines is 1. The molecule has 0 radical (unpaired) electrons. The molecule has 10 heteroatoms. The van der Waals surface area contributed by atoms with Crippen LogP contribution in [-0.2, 0) is 17.5 Å². The van der Waals surface area contributed by atoms with Crippen molar-refractivity contribution in [2.24, 2.45) is 0 Å². The highest BCUT2D eigenvalue weighted by molar-refractivity contribution is 5.97. The second kappa shape index (κ2) is 10.2. The van der Waals surface area contributed by atoms with Gasteiger partial charge >= 0.3 is 6.18 Å². The zero-order valence-electron chi connectivity index (χ0n) is 20.2. The van der Waals surface area contributed by atoms with Crippen LogP contribution in [-0.4, -0.2) is 40.0 Å². The summed E-state index contributed by atoms with van der Waals surface area (Å²) in [5.74, 6) is 0.0705. The van der Waals surface area contributed by atoms with Gasteiger partial charge in [-0.15, -0.1) is 0 Å². The highest BCUT2D eigenvalue weighted by Crippen LogP contribution is 2.39. The van der Waals surface area contributed by atoms with E-state index in [-0.39, 0.29) is 23.6 Å². The average Bonchev–Trinajstić information content (AvgIpc) is 3.31. The molecule has 1 amide bonds. The lowest BCUT2D eigenvalue weighted by Crippen LogP contribution is -2.38. The lowest BCUT2D eigenvalue weighted by atomic mass is 10.00. The van der Waals surface area contributed by atoms with E-state index in [4.69, 9.17) is 0 Å². The Morgan fingerprint density at radius 2 is 2.00 bits per heavy atom. The number of hydrogen-bond donors (Lipinski definition) is 4. The van der Waals surface area contributed by atoms with Gasteiger partial charge in [-0.25, -0.2) is 9.97 Å². The van der Waals surface area contributed by atoms with Crippen LogP contribution in [0.15, 0.2) is 54.9 Å². The number of aromatic nitrogens is 3. The first-order valence-electron chi connectivity index (χ1n) is 12.1. The first-order valence-corrected chi connectivity index (χ1v) is 12.1. The molecule has 0 unspecified atom stereocenters. The fourth-order valence-corrected chi connectivity index (χ4v) is 4.61. The van der Waals surface area contributed by atoms with Crippen molar-refractivity contribution in [3.05, 3.63) is 66.0 Å². The van der Waals surface area contributed by atoms with E-state index in [1.54, 1.807) is 12.3 Å². The van der Waals surface area contributed by atoms with Crippen molar-refractivity contribution in [2.75, 3.05) is 18.4 Å². The van der Waals surface area contributed by atoms with Gasteiger partial charge in [-0.2, -0.15) is 13.2 Å². The molecule has 1 atom stereocenters. The van der Waals surface area contributed by atoms with E-state index in [1.807, 2.05) is 36.4 Å². The maximum atomic E-state index is 13.9. The van der Waals surface area contributed by atoms with Gasteiger partial charge in [-0.1, -0.05) is 30.3 Å². The van der Waals surface area contributed by atoms with Gasteiger partial charge < -0.3 is 20.9 Å². The molecule has 4 N–H and O–H groups in total. The number of carbonyl (C=O) groups excluding carboxylic acids is 1. The summed E-state index contributed by atoms with van der Waals surface area (Å²) in [6.45, 7) is 3.52. The normalized spacial score (nSPS) is 16.1. The number of amides is 1. The molecular weight excluding hydrogens is 481 g/mol. The standard InChI is InChI=1S/C27H27F3N6O/c1-16(37)32-12-17-4-2-5-18(10-17)19-7-8-21-22(14-33-24(21)11-19)25-23(27(28,29)30)15-34-26(36-25)35-20-6-3-9-31-13-20/h2,4-5,7-8,10-11,14-15,20,31,33H,3,6,9,12-13H2,1H3,(H,32,37)(H,34,35,36)/t20-/m0/s1. The minimum atomic E-state index is -4.60. The topological polar surface area (TPSA) is 94.7 Å². The number of piperidine rings is 1. The van der Waals surface area contributed by atoms with Crippen molar-refractivity contribution in [3.8, 4) is 22.4 Å². The van der Waals surface area contributed by atoms with Crippen molar-refractivity contribution in [3.63, 3.8) is 0 Å². The number of hydrogen-bond acceptors (Lipinski definition) is 5. The Morgan fingerprint density at radius 3 is 2.76 bits per heavy atom. The molecule has 0 bridgehead atoms. The fourth-order valence-electron chi connectivity index (χ4n) is 4.61. The third-order valence-corrected chi connectivity index (χ3v) is 6.46. The van der Waals surface area contributed by atoms with Crippen LogP contribution in [0.3, 0.4) is 0 Å². The first-order chi connectivity index (χ1) is 17.8. The minimum Gasteiger partial charge on any atom is -0.360 e. The Kier molecular flexibility index (Phi) is 6.84. The number of nitrogens with zero attached hydrogens (tertiary/aromatic N) is 2. The van der Waals surface area contributed by atoms with Gasteiger partial charge in [0, 0.05) is 54.9 Å². The van der Waals surface area contributed by atoms with Crippen LogP contribution in [0.5, 0.6) is 0 Å². The van der Waals surface area contributed by atoms with E-state index in [0.29, 0.717) is 29.6 Å². The monoisotopic (exact) mass is 508 g/mol. The summed E-state index contributed by atoms with van der Waals surface area (Å²) in [5.41, 5.74) is 2.80. The number of carbonyl (C=O) groups is 1. The quantitative estimate of drug-likeness (QED) is 0.290. The number of rotatable bonds is 6. The summed E-state index contributed by atoms with van der Waals surface area (Å²) in [6.07, 6.45) is -0.307. The number of nitrogens with one attached hydrogen (secondary N) is 4. The number of halogens is 3. The highest BCUT2D eigenvalue weighted by atomic mass is 19.4. The molecule has 1 aliphatic rings. The Labute approximate surface area is 211 Å². The van der Waals surface area contributed by atoms with Crippen LogP contribution in [0.4, 0.5) is 19.1 Å². The molecule has 0 spiro atoms. The van der Waals surface area contributed by atoms with Crippen molar-refractivity contribution in [1.82, 2.24) is 25.6 Å². The Hall–Kier alpha value is -3.92. The van der Waals surface area contributed by atoms with Crippen LogP contribution in [0.2, 0.25) is 0 Å². The van der Waals surface area contributed by atoms with Crippen LogP contribution in [0, 0.1) is 0 Å². The molecule has 1 aliphatic heterocycles. The summed E-state index contributed by atoms with van der Waals surface area (Å²) in [7, 11) is 0. The van der Waals surface area contributed by atoms with E-state index in [9.17, 15) is 18.0 Å². The van der Waals surface area contributed by atoms with Gasteiger partial charge in [-0.3, -0.25) is 4.79 Å². The summed E-state index contributed by atoms with van der Waals surface area (Å²) in [4.78, 5) is 22.7. The number of H-pyrrole nitrogens is 1. The van der Waals surface area contributed by atoms with Crippen LogP contribution in [0.1, 0.15) is 30.9 Å². The van der Waals surface area contributed by atoms with E-state index in [1.165, 1.54) is 6.92 Å². The molecule has 37 heavy (non-hydrogen) atoms. The minimum absolute atomic E-state index is 0.0604. The maximum Gasteiger partial charge on any atom is 0.419 e. The molecule has 192 valence electrons. The van der Waals surface area contributed by atoms with Crippen LogP contribution in [0.25, 0.3) is 33.3 Å². The molecule has 3 heterocycles. The third-order valence-electron chi connectivity index (χ3n) is 6.46. The number of anilines is 1. The van der Waals surface area contributed by atoms with E-state index in [2.05, 4.69) is 30.9 Å². The SMILES string of the molecule is CC(=O)NCc1cccc(-c2ccc3c(-c4nc(N[C@H]5CCCNC5)ncc4C(F)(F)F)c[nH]c3c2)c1. The molecule has 1 saturated heterocycles. The zero-order valence-corrected chi connectivity index (χ0v) is 20.2. The predicted molar refractivity (Wildman–Crippen MR) is 137 cm³/mol. The fraction of sp³-hybridized carbons (Fsp3) is 0.296. The van der Waals surface area contributed by atoms with Crippen molar-refractivity contribution in [2.45, 2.75) is 38.5 Å². The lowest BCUT2D eigenvalue weighted by molar-refractivity contribution is -0.137. The number of fused-ring (bicyclic) bond motifs is 1. The summed E-state index contributed by atoms with van der Waals surface area (Å²) >= 11 is 0. The average molecular weight is 509 g/mol. The van der Waals surface area contributed by atoms with Gasteiger partial charge in [0.15, 0.2) is 0 Å². The van der Waals surface area contributed by atoms with Crippen molar-refractivity contribution in [1.29, 1.82) is 0 Å². The second-order valence-electron chi connectivity index (χ2n) is 9.21. The van der Waals surface area contributed by atoms with Gasteiger partial charge in [0.1, 0.15) is 5.56 Å². The molecule has 5 rings (SSSR count). The van der Waals surface area contributed by atoms with Gasteiger partial charge in [0.2, 0.25) is 11.9 Å². The molecule has 0 aliphatic carbocycles. The van der Waals surface area contributed by atoms with Crippen LogP contribution < -0.4 is 16.0 Å². The van der Waals surface area contributed by atoms with Gasteiger partial charge in [0.25, 0.3) is 0 Å². The highest BCUT2D eigenvalue weighted by Gasteiger charge is 2.36. The molecule has 1 fully saturated rings. The molecule has 2 aromatic carbocycles. The largest absolute Gasteiger partial charge is 0.419 e. The second-order valence-corrected chi connectivity index (χ2v) is 9.21. The van der Waals surface area contributed by atoms with E-state index < -0.39 is 11.7 Å². The lowest BCUT2D eigenvalue weighted by Gasteiger charge is -2.24. The number of benzene rings is 2. The van der Waals surface area contributed by atoms with E-state index in [0.717, 1.165) is 42.3 Å². The van der Waals surface area contributed by atoms with Gasteiger partial charge in [0.05, 0.1) is 5.69 Å². The van der Waals surface area contributed by atoms with Crippen molar-refractivity contribution < 1.29 is 18.0 Å². The molecule has 0 saturated carbocycles. The van der Waals surface area contributed by atoms with Crippen molar-refractivity contribution >= 4 is 22.8 Å². The molecule has 4 aromatic rings. The summed E-state index contributed by atoms with van der Waals surface area (Å²) < 4.78 is 41.8. The Balaban J connectivity index is 1.50. The molecule has 2 aromatic heterocycles. The van der Waals surface area contributed by atoms with Gasteiger partial charge in [-0.05, 0) is 48.2 Å². The number of alkyl halides is 3. The predicted octanol–water partition coefficient (Wildman–Crippen LogP) is 5.11. The maximum absolute atomic E-state index is 13.9. The van der Waals surface area contributed by atoms with Crippen LogP contribution >= 0.6 is 0 Å². The Morgan fingerprint density at radius 1 is 1.16 bits per heavy atom. The zero-order chi connectivity index (χ0) is 26.0. The third kappa shape index (κ3) is 5.59. The summed E-state index contributed by atoms with van der Waals surface area (Å²) in [5, 5.41) is 9.86.